The molecule has 0 saturated carbocycles. The Morgan fingerprint density at radius 1 is 1.53 bits per heavy atom. The number of nitrogens with one attached hydrogen (secondary N) is 1. The smallest absolute Gasteiger partial charge is 0.290 e. The van der Waals surface area contributed by atoms with Crippen LogP contribution in [-0.2, 0) is 20.5 Å². The number of aryl methyl sites for hydroxylation is 1. The third kappa shape index (κ3) is 4.64. The van der Waals surface area contributed by atoms with Gasteiger partial charge in [0.25, 0.3) is 6.47 Å². The predicted octanol–water partition coefficient (Wildman–Crippen LogP) is 0.707. The van der Waals surface area contributed by atoms with Crippen molar-refractivity contribution < 1.29 is 18.8 Å². The second kappa shape index (κ2) is 7.16. The average Bonchev–Trinajstić information content (AvgIpc) is 2.24. The molecule has 1 aromatic rings. The lowest BCUT2D eigenvalue weighted by Crippen LogP contribution is -2.46. The summed E-state index contributed by atoms with van der Waals surface area (Å²) in [5.41, 5.74) is 1.13. The molecule has 1 atom stereocenters. The lowest BCUT2D eigenvalue weighted by atomic mass is 10.2. The molecule has 0 aromatic heterocycles. The van der Waals surface area contributed by atoms with Crippen LogP contribution >= 0.6 is 0 Å². The van der Waals surface area contributed by atoms with Gasteiger partial charge in [-0.25, -0.2) is 8.93 Å². The zero-order valence-corrected chi connectivity index (χ0v) is 10.3. The van der Waals surface area contributed by atoms with Gasteiger partial charge in [0, 0.05) is 0 Å². The van der Waals surface area contributed by atoms with Crippen LogP contribution < -0.4 is 4.72 Å². The first-order chi connectivity index (χ1) is 8.17. The fourth-order valence-electron chi connectivity index (χ4n) is 1.25. The van der Waals surface area contributed by atoms with Gasteiger partial charge in [0.15, 0.2) is 0 Å². The van der Waals surface area contributed by atoms with Gasteiger partial charge in [-0.15, -0.1) is 0 Å². The zero-order valence-electron chi connectivity index (χ0n) is 9.46. The van der Waals surface area contributed by atoms with E-state index in [0.717, 1.165) is 10.5 Å². The van der Waals surface area contributed by atoms with E-state index >= 15 is 0 Å². The van der Waals surface area contributed by atoms with Gasteiger partial charge in [-0.3, -0.25) is 4.79 Å². The Balaban J connectivity index is 0.000000437. The second-order valence-electron chi connectivity index (χ2n) is 3.54. The number of benzene rings is 1. The molecule has 0 bridgehead atoms. The molecule has 1 aromatic carbocycles. The molecule has 0 spiro atoms. The summed E-state index contributed by atoms with van der Waals surface area (Å²) in [6.45, 7) is 3.07. The second-order valence-corrected chi connectivity index (χ2v) is 4.79. The van der Waals surface area contributed by atoms with Gasteiger partial charge in [0.1, 0.15) is 11.0 Å². The molecule has 17 heavy (non-hydrogen) atoms. The Hall–Kier alpha value is -1.24. The maximum atomic E-state index is 11.7. The highest BCUT2D eigenvalue weighted by Crippen LogP contribution is 2.09. The minimum atomic E-state index is -1.10. The molecule has 1 heterocycles. The standard InChI is InChI=1S/C10H13NO2S.CH2O2/c1-8-3-2-4-10(5-8)14(12)11-9-6-13-7-9;2-1-3/h2-5,9,11H,6-7H2,1H3;1H,(H,2,3). The summed E-state index contributed by atoms with van der Waals surface area (Å²) < 4.78 is 19.7. The first-order valence-corrected chi connectivity index (χ1v) is 6.22. The van der Waals surface area contributed by atoms with Gasteiger partial charge < -0.3 is 9.84 Å². The van der Waals surface area contributed by atoms with Crippen LogP contribution in [-0.4, -0.2) is 35.0 Å². The lowest BCUT2D eigenvalue weighted by molar-refractivity contribution is -0.122. The maximum Gasteiger partial charge on any atom is 0.290 e. The van der Waals surface area contributed by atoms with Crippen LogP contribution in [0.3, 0.4) is 0 Å². The highest BCUT2D eigenvalue weighted by molar-refractivity contribution is 7.83. The SMILES string of the molecule is Cc1cccc(S(=O)NC2COC2)c1.O=CO. The van der Waals surface area contributed by atoms with Crippen LogP contribution in [0.15, 0.2) is 29.2 Å². The molecular formula is C11H15NO4S. The highest BCUT2D eigenvalue weighted by atomic mass is 32.2. The van der Waals surface area contributed by atoms with Crippen molar-refractivity contribution in [2.24, 2.45) is 0 Å². The molecule has 0 aliphatic carbocycles. The summed E-state index contributed by atoms with van der Waals surface area (Å²) in [7, 11) is -1.10. The van der Waals surface area contributed by atoms with Crippen LogP contribution in [0.2, 0.25) is 0 Å². The summed E-state index contributed by atoms with van der Waals surface area (Å²) in [6.07, 6.45) is 0. The van der Waals surface area contributed by atoms with E-state index in [-0.39, 0.29) is 12.5 Å². The van der Waals surface area contributed by atoms with Crippen molar-refractivity contribution in [3.05, 3.63) is 29.8 Å². The molecule has 6 heteroatoms. The maximum absolute atomic E-state index is 11.7. The summed E-state index contributed by atoms with van der Waals surface area (Å²) in [6, 6.07) is 7.96. The Morgan fingerprint density at radius 3 is 2.65 bits per heavy atom. The minimum absolute atomic E-state index is 0.247. The van der Waals surface area contributed by atoms with E-state index in [1.54, 1.807) is 0 Å². The van der Waals surface area contributed by atoms with Gasteiger partial charge in [-0.1, -0.05) is 12.1 Å². The van der Waals surface area contributed by atoms with Gasteiger partial charge in [0.05, 0.1) is 24.2 Å². The number of carbonyl (C=O) groups is 1. The Bertz CT molecular complexity index is 393. The summed E-state index contributed by atoms with van der Waals surface area (Å²) >= 11 is 0. The monoisotopic (exact) mass is 257 g/mol. The van der Waals surface area contributed by atoms with Crippen LogP contribution in [0, 0.1) is 6.92 Å². The third-order valence-electron chi connectivity index (χ3n) is 2.12. The van der Waals surface area contributed by atoms with Crippen molar-refractivity contribution in [1.29, 1.82) is 0 Å². The number of hydrogen-bond acceptors (Lipinski definition) is 3. The summed E-state index contributed by atoms with van der Waals surface area (Å²) in [5.74, 6) is 0. The minimum Gasteiger partial charge on any atom is -0.483 e. The normalized spacial score (nSPS) is 16.3. The van der Waals surface area contributed by atoms with Crippen molar-refractivity contribution >= 4 is 17.5 Å². The molecule has 0 radical (unpaired) electrons. The summed E-state index contributed by atoms with van der Waals surface area (Å²) in [5, 5.41) is 6.89. The number of hydrogen-bond donors (Lipinski definition) is 2. The van der Waals surface area contributed by atoms with E-state index in [1.165, 1.54) is 0 Å². The van der Waals surface area contributed by atoms with Crippen LogP contribution in [0.4, 0.5) is 0 Å². The molecule has 5 nitrogen and oxygen atoms in total. The molecule has 1 aliphatic heterocycles. The van der Waals surface area contributed by atoms with Gasteiger partial charge in [0.2, 0.25) is 0 Å². The number of rotatable bonds is 3. The third-order valence-corrected chi connectivity index (χ3v) is 3.34. The van der Waals surface area contributed by atoms with E-state index in [1.807, 2.05) is 31.2 Å². The quantitative estimate of drug-likeness (QED) is 0.782. The highest BCUT2D eigenvalue weighted by Gasteiger charge is 2.20. The molecule has 2 rings (SSSR count). The molecule has 1 saturated heterocycles. The molecule has 1 unspecified atom stereocenters. The van der Waals surface area contributed by atoms with Crippen molar-refractivity contribution in [3.8, 4) is 0 Å². The first-order valence-electron chi connectivity index (χ1n) is 5.07. The van der Waals surface area contributed by atoms with Crippen LogP contribution in [0.25, 0.3) is 0 Å². The fraction of sp³-hybridized carbons (Fsp3) is 0.364. The van der Waals surface area contributed by atoms with Crippen LogP contribution in [0.1, 0.15) is 5.56 Å². The Kier molecular flexibility index (Phi) is 5.82. The first kappa shape index (κ1) is 13.8. The predicted molar refractivity (Wildman–Crippen MR) is 64.0 cm³/mol. The summed E-state index contributed by atoms with van der Waals surface area (Å²) in [4.78, 5) is 9.19. The van der Waals surface area contributed by atoms with Crippen LogP contribution in [0.5, 0.6) is 0 Å². The van der Waals surface area contributed by atoms with E-state index < -0.39 is 11.0 Å². The van der Waals surface area contributed by atoms with Crippen molar-refractivity contribution in [2.45, 2.75) is 17.9 Å². The molecular weight excluding hydrogens is 242 g/mol. The molecule has 1 aliphatic rings. The Labute approximate surface area is 102 Å². The molecule has 1 fully saturated rings. The van der Waals surface area contributed by atoms with E-state index in [2.05, 4.69) is 4.72 Å². The number of ether oxygens (including phenoxy) is 1. The van der Waals surface area contributed by atoms with Gasteiger partial charge in [-0.2, -0.15) is 0 Å². The van der Waals surface area contributed by atoms with E-state index in [4.69, 9.17) is 14.6 Å². The number of carboxylic acid groups (broad SMARTS) is 1. The van der Waals surface area contributed by atoms with Crippen molar-refractivity contribution in [1.82, 2.24) is 4.72 Å². The Morgan fingerprint density at radius 2 is 2.18 bits per heavy atom. The zero-order chi connectivity index (χ0) is 12.7. The van der Waals surface area contributed by atoms with E-state index in [0.29, 0.717) is 13.2 Å². The molecule has 0 amide bonds. The van der Waals surface area contributed by atoms with Gasteiger partial charge >= 0.3 is 0 Å². The van der Waals surface area contributed by atoms with E-state index in [9.17, 15) is 4.21 Å². The van der Waals surface area contributed by atoms with Crippen molar-refractivity contribution in [3.63, 3.8) is 0 Å². The lowest BCUT2D eigenvalue weighted by Gasteiger charge is -2.26. The molecule has 94 valence electrons. The molecule has 2 N–H and O–H groups in total. The largest absolute Gasteiger partial charge is 0.483 e. The topological polar surface area (TPSA) is 75.6 Å². The van der Waals surface area contributed by atoms with Crippen molar-refractivity contribution in [2.75, 3.05) is 13.2 Å². The average molecular weight is 257 g/mol. The fourth-order valence-corrected chi connectivity index (χ4v) is 2.32. The van der Waals surface area contributed by atoms with Gasteiger partial charge in [-0.05, 0) is 24.6 Å².